The monoisotopic (exact) mass is 327 g/mol. The Kier molecular flexibility index (Phi) is 4.65. The lowest BCUT2D eigenvalue weighted by Gasteiger charge is -2.11. The van der Waals surface area contributed by atoms with Crippen LogP contribution in [0.15, 0.2) is 24.4 Å². The Balaban J connectivity index is 2.34. The van der Waals surface area contributed by atoms with Crippen LogP contribution in [0, 0.1) is 12.7 Å². The lowest BCUT2D eigenvalue weighted by Crippen LogP contribution is -2.15. The smallest absolute Gasteiger partial charge is 0.259 e. The maximum absolute atomic E-state index is 13.3. The van der Waals surface area contributed by atoms with E-state index >= 15 is 0 Å². The summed E-state index contributed by atoms with van der Waals surface area (Å²) in [6.07, 6.45) is 1.03. The van der Waals surface area contributed by atoms with E-state index in [1.165, 1.54) is 0 Å². The summed E-state index contributed by atoms with van der Waals surface area (Å²) in [7, 11) is 1.59. The third kappa shape index (κ3) is 3.43. The average Bonchev–Trinajstić information content (AvgIpc) is 2.44. The number of amides is 1. The van der Waals surface area contributed by atoms with Gasteiger partial charge in [0.1, 0.15) is 11.6 Å². The summed E-state index contributed by atoms with van der Waals surface area (Å²) in [5, 5.41) is 6.14. The number of hydrogen-bond acceptors (Lipinski definition) is 3. The molecule has 0 radical (unpaired) electrons. The number of nitrogens with one attached hydrogen (secondary N) is 2. The molecule has 0 aliphatic carbocycles. The number of halogens is 3. The van der Waals surface area contributed by atoms with Gasteiger partial charge in [0.2, 0.25) is 0 Å². The van der Waals surface area contributed by atoms with Crippen LogP contribution in [0.2, 0.25) is 10.0 Å². The molecule has 0 saturated heterocycles. The van der Waals surface area contributed by atoms with Gasteiger partial charge in [-0.1, -0.05) is 23.2 Å². The van der Waals surface area contributed by atoms with Crippen LogP contribution in [0.25, 0.3) is 0 Å². The summed E-state index contributed by atoms with van der Waals surface area (Å²) in [6.45, 7) is 1.80. The van der Waals surface area contributed by atoms with Crippen LogP contribution in [0.4, 0.5) is 15.9 Å². The van der Waals surface area contributed by atoms with E-state index in [-0.39, 0.29) is 11.4 Å². The summed E-state index contributed by atoms with van der Waals surface area (Å²) in [6, 6.07) is 4.28. The minimum Gasteiger partial charge on any atom is -0.372 e. The Morgan fingerprint density at radius 1 is 1.24 bits per heavy atom. The number of nitrogens with zero attached hydrogens (tertiary/aromatic N) is 1. The number of aryl methyl sites for hydroxylation is 1. The first kappa shape index (κ1) is 15.5. The van der Waals surface area contributed by atoms with Gasteiger partial charge in [-0.2, -0.15) is 0 Å². The molecular formula is C14H12Cl2FN3O. The summed E-state index contributed by atoms with van der Waals surface area (Å²) < 4.78 is 13.3. The second kappa shape index (κ2) is 6.28. The highest BCUT2D eigenvalue weighted by Gasteiger charge is 2.15. The van der Waals surface area contributed by atoms with Crippen LogP contribution in [0.3, 0.4) is 0 Å². The second-order valence-corrected chi connectivity index (χ2v) is 5.15. The molecule has 1 aromatic carbocycles. The molecule has 0 fully saturated rings. The molecule has 2 rings (SSSR count). The molecule has 1 amide bonds. The van der Waals surface area contributed by atoms with Crippen LogP contribution in [0.5, 0.6) is 0 Å². The first-order valence-electron chi connectivity index (χ1n) is 6.02. The van der Waals surface area contributed by atoms with E-state index in [0.717, 1.165) is 17.8 Å². The van der Waals surface area contributed by atoms with Crippen LogP contribution >= 0.6 is 23.2 Å². The number of carbonyl (C=O) groups excluding carboxylic acids is 1. The summed E-state index contributed by atoms with van der Waals surface area (Å²) in [5.41, 5.74) is 1.22. The molecule has 110 valence electrons. The maximum atomic E-state index is 13.3. The zero-order valence-electron chi connectivity index (χ0n) is 11.3. The van der Waals surface area contributed by atoms with Gasteiger partial charge in [0, 0.05) is 12.1 Å². The minimum atomic E-state index is -0.604. The molecule has 0 atom stereocenters. The number of benzene rings is 1. The van der Waals surface area contributed by atoms with Crippen molar-refractivity contribution in [2.75, 3.05) is 17.7 Å². The molecule has 0 unspecified atom stereocenters. The Labute approximate surface area is 131 Å². The number of pyridine rings is 1. The SMILES string of the molecule is CNc1ncc(F)cc1C(=O)Nc1cc(Cl)c(C)cc1Cl. The molecule has 1 heterocycles. The number of rotatable bonds is 3. The molecule has 4 nitrogen and oxygen atoms in total. The molecule has 2 N–H and O–H groups in total. The van der Waals surface area contributed by atoms with Crippen LogP contribution in [-0.4, -0.2) is 17.9 Å². The summed E-state index contributed by atoms with van der Waals surface area (Å²) >= 11 is 12.1. The Bertz CT molecular complexity index is 707. The highest BCUT2D eigenvalue weighted by atomic mass is 35.5. The van der Waals surface area contributed by atoms with Gasteiger partial charge in [0.05, 0.1) is 22.5 Å². The molecule has 0 spiro atoms. The van der Waals surface area contributed by atoms with Crippen molar-refractivity contribution in [2.24, 2.45) is 0 Å². The molecule has 21 heavy (non-hydrogen) atoms. The molecule has 0 aliphatic rings. The van der Waals surface area contributed by atoms with Crippen molar-refractivity contribution < 1.29 is 9.18 Å². The number of anilines is 2. The third-order valence-electron chi connectivity index (χ3n) is 2.83. The van der Waals surface area contributed by atoms with Crippen molar-refractivity contribution in [1.29, 1.82) is 0 Å². The Morgan fingerprint density at radius 2 is 1.95 bits per heavy atom. The van der Waals surface area contributed by atoms with Crippen molar-refractivity contribution in [3.63, 3.8) is 0 Å². The van der Waals surface area contributed by atoms with E-state index in [2.05, 4.69) is 15.6 Å². The van der Waals surface area contributed by atoms with Crippen LogP contribution < -0.4 is 10.6 Å². The normalized spacial score (nSPS) is 10.3. The van der Waals surface area contributed by atoms with E-state index in [1.54, 1.807) is 26.1 Å². The zero-order chi connectivity index (χ0) is 15.6. The number of hydrogen-bond donors (Lipinski definition) is 2. The highest BCUT2D eigenvalue weighted by Crippen LogP contribution is 2.29. The maximum Gasteiger partial charge on any atom is 0.259 e. The average molecular weight is 328 g/mol. The van der Waals surface area contributed by atoms with Crippen LogP contribution in [-0.2, 0) is 0 Å². The van der Waals surface area contributed by atoms with Gasteiger partial charge in [0.15, 0.2) is 0 Å². The van der Waals surface area contributed by atoms with E-state index in [1.807, 2.05) is 0 Å². The highest BCUT2D eigenvalue weighted by molar-refractivity contribution is 6.36. The summed E-state index contributed by atoms with van der Waals surface area (Å²) in [4.78, 5) is 16.0. The zero-order valence-corrected chi connectivity index (χ0v) is 12.8. The van der Waals surface area contributed by atoms with Gasteiger partial charge in [-0.05, 0) is 30.7 Å². The predicted molar refractivity (Wildman–Crippen MR) is 82.9 cm³/mol. The largest absolute Gasteiger partial charge is 0.372 e. The fraction of sp³-hybridized carbons (Fsp3) is 0.143. The van der Waals surface area contributed by atoms with Gasteiger partial charge in [-0.25, -0.2) is 9.37 Å². The summed E-state index contributed by atoms with van der Waals surface area (Å²) in [5.74, 6) is -0.872. The van der Waals surface area contributed by atoms with Gasteiger partial charge in [0.25, 0.3) is 5.91 Å². The molecule has 0 bridgehead atoms. The van der Waals surface area contributed by atoms with Crippen molar-refractivity contribution in [3.8, 4) is 0 Å². The standard InChI is InChI=1S/C14H12Cl2FN3O/c1-7-3-11(16)12(5-10(7)15)20-14(21)9-4-8(17)6-19-13(9)18-2/h3-6H,1-2H3,(H,18,19)(H,20,21). The second-order valence-electron chi connectivity index (χ2n) is 4.34. The fourth-order valence-electron chi connectivity index (χ4n) is 1.74. The lowest BCUT2D eigenvalue weighted by molar-refractivity contribution is 0.102. The van der Waals surface area contributed by atoms with E-state index in [0.29, 0.717) is 15.7 Å². The Hall–Kier alpha value is -1.85. The van der Waals surface area contributed by atoms with Gasteiger partial charge in [-0.3, -0.25) is 4.79 Å². The minimum absolute atomic E-state index is 0.0743. The quantitative estimate of drug-likeness (QED) is 0.891. The van der Waals surface area contributed by atoms with Crippen molar-refractivity contribution in [2.45, 2.75) is 6.92 Å². The van der Waals surface area contributed by atoms with Gasteiger partial charge in [-0.15, -0.1) is 0 Å². The first-order chi connectivity index (χ1) is 9.92. The van der Waals surface area contributed by atoms with E-state index in [9.17, 15) is 9.18 Å². The number of carbonyl (C=O) groups is 1. The fourth-order valence-corrected chi connectivity index (χ4v) is 2.17. The first-order valence-corrected chi connectivity index (χ1v) is 6.78. The van der Waals surface area contributed by atoms with Crippen LogP contribution in [0.1, 0.15) is 15.9 Å². The predicted octanol–water partition coefficient (Wildman–Crippen LogP) is 4.13. The van der Waals surface area contributed by atoms with E-state index < -0.39 is 11.7 Å². The third-order valence-corrected chi connectivity index (χ3v) is 3.55. The Morgan fingerprint density at radius 3 is 2.62 bits per heavy atom. The lowest BCUT2D eigenvalue weighted by atomic mass is 10.2. The van der Waals surface area contributed by atoms with Crippen molar-refractivity contribution in [1.82, 2.24) is 4.98 Å². The van der Waals surface area contributed by atoms with Gasteiger partial charge < -0.3 is 10.6 Å². The van der Waals surface area contributed by atoms with E-state index in [4.69, 9.17) is 23.2 Å². The molecular weight excluding hydrogens is 316 g/mol. The van der Waals surface area contributed by atoms with Crippen molar-refractivity contribution in [3.05, 3.63) is 51.4 Å². The molecule has 0 saturated carbocycles. The number of aromatic nitrogens is 1. The van der Waals surface area contributed by atoms with Crippen molar-refractivity contribution >= 4 is 40.6 Å². The molecule has 0 aliphatic heterocycles. The molecule has 7 heteroatoms. The molecule has 2 aromatic rings. The van der Waals surface area contributed by atoms with Gasteiger partial charge >= 0.3 is 0 Å². The molecule has 1 aromatic heterocycles. The topological polar surface area (TPSA) is 54.0 Å².